The maximum atomic E-state index is 11.1. The van der Waals surface area contributed by atoms with E-state index in [9.17, 15) is 4.79 Å². The molecule has 0 atom stereocenters. The van der Waals surface area contributed by atoms with E-state index in [1.807, 2.05) is 6.07 Å². The summed E-state index contributed by atoms with van der Waals surface area (Å²) in [5.41, 5.74) is 2.15. The number of carboxylic acid groups (broad SMARTS) is 1. The zero-order valence-corrected chi connectivity index (χ0v) is 14.1. The fourth-order valence-electron chi connectivity index (χ4n) is 2.67. The molecular weight excluding hydrogens is 318 g/mol. The third kappa shape index (κ3) is 3.05. The quantitative estimate of drug-likeness (QED) is 0.742. The topological polar surface area (TPSA) is 92.9 Å². The van der Waals surface area contributed by atoms with Gasteiger partial charge in [-0.3, -0.25) is 0 Å². The number of carboxylic acids is 1. The molecule has 4 rings (SSSR count). The fourth-order valence-corrected chi connectivity index (χ4v) is 2.67. The minimum atomic E-state index is -1.02. The molecule has 0 radical (unpaired) electrons. The normalized spacial score (nSPS) is 14.2. The molecule has 0 amide bonds. The molecular formula is C18H19N5O2. The predicted octanol–water partition coefficient (Wildman–Crippen LogP) is 3.21. The first-order valence-electron chi connectivity index (χ1n) is 8.38. The third-order valence-corrected chi connectivity index (χ3v) is 4.33. The van der Waals surface area contributed by atoms with Crippen LogP contribution in [0.5, 0.6) is 0 Å². The van der Waals surface area contributed by atoms with Crippen molar-refractivity contribution in [1.29, 1.82) is 0 Å². The molecule has 0 unspecified atom stereocenters. The Morgan fingerprint density at radius 1 is 1.32 bits per heavy atom. The van der Waals surface area contributed by atoms with E-state index in [2.05, 4.69) is 46.4 Å². The van der Waals surface area contributed by atoms with Gasteiger partial charge in [0.2, 0.25) is 0 Å². The summed E-state index contributed by atoms with van der Waals surface area (Å²) in [6, 6.07) is 6.62. The van der Waals surface area contributed by atoms with Crippen LogP contribution in [0.1, 0.15) is 48.5 Å². The Morgan fingerprint density at radius 3 is 2.76 bits per heavy atom. The second-order valence-electron chi connectivity index (χ2n) is 6.70. The van der Waals surface area contributed by atoms with Crippen LogP contribution in [0.3, 0.4) is 0 Å². The zero-order chi connectivity index (χ0) is 17.6. The van der Waals surface area contributed by atoms with E-state index in [1.165, 1.54) is 22.6 Å². The van der Waals surface area contributed by atoms with Gasteiger partial charge in [0, 0.05) is 17.6 Å². The van der Waals surface area contributed by atoms with Crippen molar-refractivity contribution >= 4 is 22.7 Å². The minimum absolute atomic E-state index is 0.107. The van der Waals surface area contributed by atoms with Gasteiger partial charge in [-0.2, -0.15) is 10.1 Å². The Morgan fingerprint density at radius 2 is 2.12 bits per heavy atom. The smallest absolute Gasteiger partial charge is 0.338 e. The SMILES string of the molecule is CC(C)c1ccc2nc(-n3cc(C(=O)O)cn3)nc(NC3CC3)c2c1. The number of fused-ring (bicyclic) bond motifs is 1. The zero-order valence-electron chi connectivity index (χ0n) is 14.1. The molecule has 1 fully saturated rings. The molecule has 3 aromatic rings. The van der Waals surface area contributed by atoms with Crippen molar-refractivity contribution in [1.82, 2.24) is 19.7 Å². The Kier molecular flexibility index (Phi) is 3.63. The summed E-state index contributed by atoms with van der Waals surface area (Å²) in [7, 11) is 0. The molecule has 7 nitrogen and oxygen atoms in total. The number of aromatic carboxylic acids is 1. The van der Waals surface area contributed by atoms with Gasteiger partial charge in [0.15, 0.2) is 0 Å². The highest BCUT2D eigenvalue weighted by Crippen LogP contribution is 2.30. The maximum Gasteiger partial charge on any atom is 0.338 e. The Bertz CT molecular complexity index is 959. The lowest BCUT2D eigenvalue weighted by molar-refractivity contribution is 0.0697. The number of benzene rings is 1. The van der Waals surface area contributed by atoms with Gasteiger partial charge in [-0.15, -0.1) is 0 Å². The molecule has 1 saturated carbocycles. The average molecular weight is 337 g/mol. The Hall–Kier alpha value is -2.96. The first-order valence-corrected chi connectivity index (χ1v) is 8.38. The molecule has 2 aromatic heterocycles. The monoisotopic (exact) mass is 337 g/mol. The number of carbonyl (C=O) groups is 1. The average Bonchev–Trinajstić information content (AvgIpc) is 3.25. The molecule has 0 bridgehead atoms. The van der Waals surface area contributed by atoms with Gasteiger partial charge in [-0.05, 0) is 36.5 Å². The van der Waals surface area contributed by atoms with Gasteiger partial charge in [0.1, 0.15) is 5.82 Å². The lowest BCUT2D eigenvalue weighted by Gasteiger charge is -2.12. The summed E-state index contributed by atoms with van der Waals surface area (Å²) in [5.74, 6) is 0.532. The van der Waals surface area contributed by atoms with E-state index in [-0.39, 0.29) is 5.56 Å². The molecule has 7 heteroatoms. The van der Waals surface area contributed by atoms with E-state index in [1.54, 1.807) is 0 Å². The predicted molar refractivity (Wildman–Crippen MR) is 94.4 cm³/mol. The van der Waals surface area contributed by atoms with E-state index >= 15 is 0 Å². The molecule has 25 heavy (non-hydrogen) atoms. The number of rotatable bonds is 5. The number of nitrogens with one attached hydrogen (secondary N) is 1. The molecule has 2 heterocycles. The van der Waals surface area contributed by atoms with E-state index in [4.69, 9.17) is 5.11 Å². The summed E-state index contributed by atoms with van der Waals surface area (Å²) in [6.07, 6.45) is 4.99. The Labute approximate surface area is 144 Å². The second kappa shape index (κ2) is 5.84. The van der Waals surface area contributed by atoms with Crippen LogP contribution in [0.2, 0.25) is 0 Å². The van der Waals surface area contributed by atoms with Gasteiger partial charge in [0.05, 0.1) is 17.3 Å². The van der Waals surface area contributed by atoms with Crippen LogP contribution >= 0.6 is 0 Å². The standard InChI is InChI=1S/C18H19N5O2/c1-10(2)11-3-6-15-14(7-11)16(20-13-4-5-13)22-18(21-15)23-9-12(8-19-23)17(24)25/h3,6-10,13H,4-5H2,1-2H3,(H,24,25)(H,20,21,22). The van der Waals surface area contributed by atoms with Crippen molar-refractivity contribution in [3.8, 4) is 5.95 Å². The van der Waals surface area contributed by atoms with Crippen molar-refractivity contribution in [3.05, 3.63) is 41.7 Å². The first kappa shape index (κ1) is 15.6. The minimum Gasteiger partial charge on any atom is -0.478 e. The van der Waals surface area contributed by atoms with E-state index in [0.29, 0.717) is 17.9 Å². The van der Waals surface area contributed by atoms with Crippen molar-refractivity contribution in [3.63, 3.8) is 0 Å². The highest BCUT2D eigenvalue weighted by atomic mass is 16.4. The lowest BCUT2D eigenvalue weighted by atomic mass is 10.0. The van der Waals surface area contributed by atoms with Gasteiger partial charge in [0.25, 0.3) is 5.95 Å². The van der Waals surface area contributed by atoms with Gasteiger partial charge >= 0.3 is 5.97 Å². The second-order valence-corrected chi connectivity index (χ2v) is 6.70. The van der Waals surface area contributed by atoms with Crippen LogP contribution in [0.15, 0.2) is 30.6 Å². The van der Waals surface area contributed by atoms with Crippen molar-refractivity contribution in [2.45, 2.75) is 38.6 Å². The summed E-state index contributed by atoms with van der Waals surface area (Å²) in [5, 5.41) is 17.6. The third-order valence-electron chi connectivity index (χ3n) is 4.33. The number of nitrogens with zero attached hydrogens (tertiary/aromatic N) is 4. The van der Waals surface area contributed by atoms with Crippen LogP contribution in [-0.2, 0) is 0 Å². The van der Waals surface area contributed by atoms with Crippen molar-refractivity contribution in [2.75, 3.05) is 5.32 Å². The van der Waals surface area contributed by atoms with Gasteiger partial charge in [-0.25, -0.2) is 14.5 Å². The molecule has 2 N–H and O–H groups in total. The van der Waals surface area contributed by atoms with Gasteiger partial charge < -0.3 is 10.4 Å². The largest absolute Gasteiger partial charge is 0.478 e. The van der Waals surface area contributed by atoms with Crippen molar-refractivity contribution in [2.24, 2.45) is 0 Å². The first-order chi connectivity index (χ1) is 12.0. The Balaban J connectivity index is 1.84. The number of hydrogen-bond donors (Lipinski definition) is 2. The molecule has 0 spiro atoms. The number of hydrogen-bond acceptors (Lipinski definition) is 5. The highest BCUT2D eigenvalue weighted by Gasteiger charge is 2.23. The fraction of sp³-hybridized carbons (Fsp3) is 0.333. The summed E-state index contributed by atoms with van der Waals surface area (Å²) in [6.45, 7) is 4.31. The van der Waals surface area contributed by atoms with Crippen LogP contribution in [0.4, 0.5) is 5.82 Å². The summed E-state index contributed by atoms with van der Waals surface area (Å²) < 4.78 is 1.40. The van der Waals surface area contributed by atoms with E-state index in [0.717, 1.165) is 29.6 Å². The summed E-state index contributed by atoms with van der Waals surface area (Å²) >= 11 is 0. The van der Waals surface area contributed by atoms with E-state index < -0.39 is 5.97 Å². The highest BCUT2D eigenvalue weighted by molar-refractivity contribution is 5.90. The molecule has 1 aliphatic rings. The van der Waals surface area contributed by atoms with Gasteiger partial charge in [-0.1, -0.05) is 19.9 Å². The van der Waals surface area contributed by atoms with Crippen LogP contribution < -0.4 is 5.32 Å². The maximum absolute atomic E-state index is 11.1. The number of aromatic nitrogens is 4. The van der Waals surface area contributed by atoms with Crippen LogP contribution in [0.25, 0.3) is 16.9 Å². The van der Waals surface area contributed by atoms with Crippen LogP contribution in [-0.4, -0.2) is 36.9 Å². The summed E-state index contributed by atoms with van der Waals surface area (Å²) in [4.78, 5) is 20.2. The lowest BCUT2D eigenvalue weighted by Crippen LogP contribution is -2.09. The number of anilines is 1. The van der Waals surface area contributed by atoms with Crippen LogP contribution in [0, 0.1) is 0 Å². The molecule has 0 saturated heterocycles. The molecule has 1 aliphatic carbocycles. The van der Waals surface area contributed by atoms with Crippen molar-refractivity contribution < 1.29 is 9.90 Å². The molecule has 1 aromatic carbocycles. The molecule has 0 aliphatic heterocycles. The molecule has 128 valence electrons.